The highest BCUT2D eigenvalue weighted by molar-refractivity contribution is 7.89. The van der Waals surface area contributed by atoms with Crippen LogP contribution in [-0.4, -0.2) is 62.0 Å². The average molecular weight is 516 g/mol. The normalized spacial score (nSPS) is 15.0. The number of hydrogen-bond acceptors (Lipinski definition) is 7. The molecule has 1 fully saturated rings. The van der Waals surface area contributed by atoms with Gasteiger partial charge in [0.15, 0.2) is 0 Å². The van der Waals surface area contributed by atoms with Gasteiger partial charge in [-0.05, 0) is 50.1 Å². The van der Waals surface area contributed by atoms with E-state index in [-0.39, 0.29) is 6.54 Å². The van der Waals surface area contributed by atoms with E-state index < -0.39 is 10.0 Å². The summed E-state index contributed by atoms with van der Waals surface area (Å²) in [6.07, 6.45) is 0. The van der Waals surface area contributed by atoms with E-state index in [1.165, 1.54) is 21.2 Å². The predicted molar refractivity (Wildman–Crippen MR) is 138 cm³/mol. The topological polar surface area (TPSA) is 72.0 Å². The molecule has 1 saturated heterocycles. The average Bonchev–Trinajstić information content (AvgIpc) is 3.31. The molecule has 188 valence electrons. The smallest absolute Gasteiger partial charge is 0.243 e. The standard InChI is InChI=1S/C26H33N3O4S2/c1-20-7-9-24(10-8-20)35(30,31)29(12-11-28-13-15-32-16-14-28)17-23-19-34-26(27-23)18-33-25-6-4-5-21(2)22(25)3/h4-10,19H,11-18H2,1-3H3. The van der Waals surface area contributed by atoms with Crippen molar-refractivity contribution in [2.45, 2.75) is 38.8 Å². The first-order chi connectivity index (χ1) is 16.8. The van der Waals surface area contributed by atoms with E-state index >= 15 is 0 Å². The van der Waals surface area contributed by atoms with Crippen LogP contribution in [0, 0.1) is 20.8 Å². The van der Waals surface area contributed by atoms with E-state index in [0.29, 0.717) is 37.8 Å². The number of ether oxygens (including phenoxy) is 2. The highest BCUT2D eigenvalue weighted by Gasteiger charge is 2.26. The molecule has 1 aromatic heterocycles. The first-order valence-corrected chi connectivity index (χ1v) is 14.1. The minimum atomic E-state index is -3.66. The molecule has 0 aliphatic carbocycles. The molecule has 1 aliphatic heterocycles. The molecule has 0 bridgehead atoms. The Morgan fingerprint density at radius 3 is 2.57 bits per heavy atom. The lowest BCUT2D eigenvalue weighted by molar-refractivity contribution is 0.0361. The number of rotatable bonds is 10. The summed E-state index contributed by atoms with van der Waals surface area (Å²) < 4.78 is 40.0. The van der Waals surface area contributed by atoms with E-state index in [1.807, 2.05) is 43.5 Å². The largest absolute Gasteiger partial charge is 0.486 e. The maximum absolute atomic E-state index is 13.5. The van der Waals surface area contributed by atoms with Gasteiger partial charge in [-0.2, -0.15) is 4.31 Å². The van der Waals surface area contributed by atoms with Crippen LogP contribution in [0.15, 0.2) is 52.7 Å². The number of thiazole rings is 1. The van der Waals surface area contributed by atoms with Crippen LogP contribution in [0.25, 0.3) is 0 Å². The summed E-state index contributed by atoms with van der Waals surface area (Å²) in [4.78, 5) is 7.23. The quantitative estimate of drug-likeness (QED) is 0.404. The van der Waals surface area contributed by atoms with Crippen molar-refractivity contribution in [1.82, 2.24) is 14.2 Å². The molecule has 0 spiro atoms. The molecule has 3 aromatic rings. The number of hydrogen-bond donors (Lipinski definition) is 0. The van der Waals surface area contributed by atoms with Gasteiger partial charge in [0.1, 0.15) is 17.4 Å². The van der Waals surface area contributed by atoms with Crippen LogP contribution in [0.3, 0.4) is 0 Å². The van der Waals surface area contributed by atoms with E-state index in [2.05, 4.69) is 22.9 Å². The highest BCUT2D eigenvalue weighted by Crippen LogP contribution is 2.24. The molecular weight excluding hydrogens is 482 g/mol. The summed E-state index contributed by atoms with van der Waals surface area (Å²) >= 11 is 1.49. The van der Waals surface area contributed by atoms with E-state index in [0.717, 1.165) is 40.7 Å². The Bertz CT molecular complexity index is 1220. The second kappa shape index (κ2) is 11.6. The second-order valence-electron chi connectivity index (χ2n) is 8.82. The molecule has 7 nitrogen and oxygen atoms in total. The lowest BCUT2D eigenvalue weighted by Crippen LogP contribution is -2.42. The fraction of sp³-hybridized carbons (Fsp3) is 0.423. The maximum Gasteiger partial charge on any atom is 0.243 e. The van der Waals surface area contributed by atoms with Gasteiger partial charge in [-0.25, -0.2) is 13.4 Å². The number of sulfonamides is 1. The number of nitrogens with zero attached hydrogens (tertiary/aromatic N) is 3. The summed E-state index contributed by atoms with van der Waals surface area (Å²) in [5.74, 6) is 0.843. The predicted octanol–water partition coefficient (Wildman–Crippen LogP) is 4.17. The van der Waals surface area contributed by atoms with E-state index in [9.17, 15) is 8.42 Å². The lowest BCUT2D eigenvalue weighted by Gasteiger charge is -2.29. The van der Waals surface area contributed by atoms with Crippen LogP contribution in [0.1, 0.15) is 27.4 Å². The van der Waals surface area contributed by atoms with E-state index in [1.54, 1.807) is 12.1 Å². The number of morpholine rings is 1. The van der Waals surface area contributed by atoms with Gasteiger partial charge in [0.25, 0.3) is 0 Å². The molecule has 0 saturated carbocycles. The van der Waals surface area contributed by atoms with Crippen LogP contribution in [-0.2, 0) is 27.9 Å². The molecule has 2 heterocycles. The zero-order valence-electron chi connectivity index (χ0n) is 20.6. The Kier molecular flexibility index (Phi) is 8.56. The Morgan fingerprint density at radius 1 is 1.09 bits per heavy atom. The monoisotopic (exact) mass is 515 g/mol. The molecule has 2 aromatic carbocycles. The summed E-state index contributed by atoms with van der Waals surface area (Å²) in [5, 5.41) is 2.75. The molecule has 1 aliphatic rings. The molecule has 0 atom stereocenters. The van der Waals surface area contributed by atoms with Crippen molar-refractivity contribution < 1.29 is 17.9 Å². The van der Waals surface area contributed by atoms with Crippen molar-refractivity contribution in [2.24, 2.45) is 0 Å². The third-order valence-electron chi connectivity index (χ3n) is 6.27. The van der Waals surface area contributed by atoms with Gasteiger partial charge >= 0.3 is 0 Å². The third kappa shape index (κ3) is 6.68. The van der Waals surface area contributed by atoms with Gasteiger partial charge in [-0.15, -0.1) is 11.3 Å². The summed E-state index contributed by atoms with van der Waals surface area (Å²) in [5.41, 5.74) is 4.05. The Balaban J connectivity index is 1.47. The van der Waals surface area contributed by atoms with Crippen LogP contribution in [0.4, 0.5) is 0 Å². The Hall–Kier alpha value is -2.30. The summed E-state index contributed by atoms with van der Waals surface area (Å²) in [7, 11) is -3.66. The van der Waals surface area contributed by atoms with Crippen molar-refractivity contribution in [3.05, 3.63) is 75.2 Å². The highest BCUT2D eigenvalue weighted by atomic mass is 32.2. The number of aryl methyl sites for hydroxylation is 2. The molecule has 4 rings (SSSR count). The van der Waals surface area contributed by atoms with Gasteiger partial charge in [-0.3, -0.25) is 4.90 Å². The lowest BCUT2D eigenvalue weighted by atomic mass is 10.1. The molecular formula is C26H33N3O4S2. The van der Waals surface area contributed by atoms with E-state index in [4.69, 9.17) is 9.47 Å². The molecule has 0 N–H and O–H groups in total. The fourth-order valence-electron chi connectivity index (χ4n) is 3.91. The van der Waals surface area contributed by atoms with Crippen LogP contribution in [0.5, 0.6) is 5.75 Å². The van der Waals surface area contributed by atoms with Gasteiger partial charge in [-0.1, -0.05) is 29.8 Å². The molecule has 0 amide bonds. The van der Waals surface area contributed by atoms with Crippen LogP contribution < -0.4 is 4.74 Å². The first kappa shape index (κ1) is 25.8. The Morgan fingerprint density at radius 2 is 1.83 bits per heavy atom. The molecule has 0 radical (unpaired) electrons. The molecule has 35 heavy (non-hydrogen) atoms. The number of benzene rings is 2. The zero-order chi connectivity index (χ0) is 24.8. The fourth-order valence-corrected chi connectivity index (χ4v) is 6.01. The van der Waals surface area contributed by atoms with Crippen molar-refractivity contribution in [3.63, 3.8) is 0 Å². The van der Waals surface area contributed by atoms with Crippen molar-refractivity contribution in [1.29, 1.82) is 0 Å². The van der Waals surface area contributed by atoms with Crippen molar-refractivity contribution in [3.8, 4) is 5.75 Å². The second-order valence-corrected chi connectivity index (χ2v) is 11.7. The van der Waals surface area contributed by atoms with Crippen LogP contribution in [0.2, 0.25) is 0 Å². The van der Waals surface area contributed by atoms with Gasteiger partial charge in [0.05, 0.1) is 30.3 Å². The first-order valence-electron chi connectivity index (χ1n) is 11.8. The Labute approximate surface area is 212 Å². The van der Waals surface area contributed by atoms with Crippen molar-refractivity contribution in [2.75, 3.05) is 39.4 Å². The maximum atomic E-state index is 13.5. The van der Waals surface area contributed by atoms with Crippen molar-refractivity contribution >= 4 is 21.4 Å². The minimum Gasteiger partial charge on any atom is -0.486 e. The van der Waals surface area contributed by atoms with Gasteiger partial charge < -0.3 is 9.47 Å². The SMILES string of the molecule is Cc1ccc(S(=O)(=O)N(CCN2CCOCC2)Cc2csc(COc3cccc(C)c3C)n2)cc1. The van der Waals surface area contributed by atoms with Gasteiger partial charge in [0.2, 0.25) is 10.0 Å². The minimum absolute atomic E-state index is 0.223. The summed E-state index contributed by atoms with van der Waals surface area (Å²) in [6, 6.07) is 13.0. The molecule has 0 unspecified atom stereocenters. The summed E-state index contributed by atoms with van der Waals surface area (Å²) in [6.45, 7) is 10.7. The number of aromatic nitrogens is 1. The van der Waals surface area contributed by atoms with Gasteiger partial charge in [0, 0.05) is 31.6 Å². The molecule has 9 heteroatoms. The van der Waals surface area contributed by atoms with Crippen LogP contribution >= 0.6 is 11.3 Å². The zero-order valence-corrected chi connectivity index (χ0v) is 22.2. The third-order valence-corrected chi connectivity index (χ3v) is 9.00.